The average molecular weight is 903 g/mol. The van der Waals surface area contributed by atoms with Crippen LogP contribution in [0.25, 0.3) is 56.2 Å². The van der Waals surface area contributed by atoms with E-state index in [1.165, 1.54) is 60.3 Å². The molecular formula is C36H32Cl4N12O8. The van der Waals surface area contributed by atoms with Crippen LogP contribution in [0.15, 0.2) is 80.4 Å². The molecule has 0 radical (unpaired) electrons. The van der Waals surface area contributed by atoms with Crippen molar-refractivity contribution < 1.29 is 18.9 Å². The van der Waals surface area contributed by atoms with Crippen LogP contribution in [0.1, 0.15) is 26.5 Å². The molecule has 6 heterocycles. The number of benzene rings is 2. The maximum Gasteiger partial charge on any atom is 0.314 e. The van der Waals surface area contributed by atoms with Crippen LogP contribution in [-0.2, 0) is 22.7 Å². The summed E-state index contributed by atoms with van der Waals surface area (Å²) in [6.45, 7) is 0.101. The highest BCUT2D eigenvalue weighted by Crippen LogP contribution is 2.38. The first kappa shape index (κ1) is 44.7. The molecule has 8 aromatic rings. The second-order valence-electron chi connectivity index (χ2n) is 12.0. The number of rotatable bonds is 8. The van der Waals surface area contributed by atoms with Gasteiger partial charge < -0.3 is 39.8 Å². The quantitative estimate of drug-likeness (QED) is 0.0941. The lowest BCUT2D eigenvalue weighted by molar-refractivity contribution is -0.605. The second-order valence-corrected chi connectivity index (χ2v) is 13.6. The van der Waals surface area contributed by atoms with Gasteiger partial charge in [-0.1, -0.05) is 61.3 Å². The molecule has 0 unspecified atom stereocenters. The van der Waals surface area contributed by atoms with Crippen molar-refractivity contribution in [3.8, 4) is 34.2 Å². The van der Waals surface area contributed by atoms with Gasteiger partial charge in [0.15, 0.2) is 48.1 Å². The number of pyridine rings is 2. The predicted molar refractivity (Wildman–Crippen MR) is 224 cm³/mol. The fourth-order valence-corrected chi connectivity index (χ4v) is 6.75. The molecule has 0 bridgehead atoms. The van der Waals surface area contributed by atoms with Crippen LogP contribution < -0.4 is 31.7 Å². The van der Waals surface area contributed by atoms with Gasteiger partial charge in [0.05, 0.1) is 64.7 Å². The number of aromatic amines is 4. The first-order chi connectivity index (χ1) is 27.8. The van der Waals surface area contributed by atoms with E-state index >= 15 is 0 Å². The molecule has 0 saturated carbocycles. The van der Waals surface area contributed by atoms with E-state index < -0.39 is 22.2 Å². The van der Waals surface area contributed by atoms with Crippen molar-refractivity contribution in [3.63, 3.8) is 0 Å². The molecule has 312 valence electrons. The Labute approximate surface area is 356 Å². The minimum Gasteiger partial charge on any atom is -0.619 e. The Bertz CT molecular complexity index is 2930. The Morgan fingerprint density at radius 1 is 0.617 bits per heavy atom. The fourth-order valence-electron chi connectivity index (χ4n) is 5.89. The third-order valence-electron chi connectivity index (χ3n) is 8.30. The van der Waals surface area contributed by atoms with Crippen LogP contribution in [0.5, 0.6) is 0 Å². The van der Waals surface area contributed by atoms with E-state index in [0.717, 1.165) is 0 Å². The number of nitrogens with zero attached hydrogens (tertiary/aromatic N) is 8. The smallest absolute Gasteiger partial charge is 0.314 e. The van der Waals surface area contributed by atoms with Crippen molar-refractivity contribution in [1.82, 2.24) is 49.5 Å². The summed E-state index contributed by atoms with van der Waals surface area (Å²) in [5.74, 6) is 1.20. The summed E-state index contributed by atoms with van der Waals surface area (Å²) in [6, 6.07) is 9.28. The highest BCUT2D eigenvalue weighted by atomic mass is 35.5. The fraction of sp³-hybridized carbons (Fsp3) is 0.167. The predicted octanol–water partition coefficient (Wildman–Crippen LogP) is 4.37. The topological polar surface area (TPSA) is 265 Å². The standard InChI is InChI=1S/2C17H12Cl2N6O4.2CH4/c2*1-29-7-11-22-23-15(8-3-2-4-24(28)6-8)25(11)14-12(19)9(18)5-10-13(14)21-17(27)16(26)20-10;;/h2*2-6H,7H2,1H3,(H,20,26)(H,21,27);2*1H4. The SMILES string of the molecule is C.C.COCc1nnc(-c2ccc[n+]([O-])c2)n1-c1c(Cl)c(Cl)cc2[nH]c(=O)c(=O)[nH]c12.COCc1nnc(-c2ccc[n+]([O-])c2)n1-c1c(Cl)c(Cl)cc2[nH]c(=O)c(=O)[nH]c12. The normalized spacial score (nSPS) is 10.9. The number of ether oxygens (including phenoxy) is 2. The van der Waals surface area contributed by atoms with Crippen molar-refractivity contribution in [1.29, 1.82) is 0 Å². The summed E-state index contributed by atoms with van der Waals surface area (Å²) < 4.78 is 14.6. The van der Waals surface area contributed by atoms with Crippen LogP contribution in [0.4, 0.5) is 0 Å². The van der Waals surface area contributed by atoms with Crippen LogP contribution in [0.3, 0.4) is 0 Å². The summed E-state index contributed by atoms with van der Waals surface area (Å²) >= 11 is 25.5. The summed E-state index contributed by atoms with van der Waals surface area (Å²) in [7, 11) is 2.95. The molecule has 0 spiro atoms. The summed E-state index contributed by atoms with van der Waals surface area (Å²) in [5, 5.41) is 40.5. The van der Waals surface area contributed by atoms with Crippen LogP contribution in [0.2, 0.25) is 20.1 Å². The van der Waals surface area contributed by atoms with Gasteiger partial charge in [-0.2, -0.15) is 9.46 Å². The molecule has 20 nitrogen and oxygen atoms in total. The lowest BCUT2D eigenvalue weighted by atomic mass is 10.2. The molecule has 6 aromatic heterocycles. The minimum absolute atomic E-state index is 0. The van der Waals surface area contributed by atoms with Gasteiger partial charge in [-0.05, 0) is 24.3 Å². The Balaban J connectivity index is 0.000000220. The van der Waals surface area contributed by atoms with E-state index in [-0.39, 0.29) is 93.2 Å². The van der Waals surface area contributed by atoms with E-state index in [9.17, 15) is 29.6 Å². The number of aromatic nitrogens is 12. The summed E-state index contributed by atoms with van der Waals surface area (Å²) in [4.78, 5) is 57.4. The van der Waals surface area contributed by atoms with Crippen molar-refractivity contribution in [2.45, 2.75) is 28.1 Å². The third kappa shape index (κ3) is 8.37. The number of methoxy groups -OCH3 is 2. The molecule has 2 aromatic carbocycles. The zero-order chi connectivity index (χ0) is 41.4. The van der Waals surface area contributed by atoms with Gasteiger partial charge in [-0.3, -0.25) is 28.3 Å². The van der Waals surface area contributed by atoms with Gasteiger partial charge >= 0.3 is 22.2 Å². The van der Waals surface area contributed by atoms with Crippen molar-refractivity contribution in [3.05, 3.63) is 145 Å². The molecule has 0 aliphatic carbocycles. The highest BCUT2D eigenvalue weighted by molar-refractivity contribution is 6.45. The number of nitrogens with one attached hydrogen (secondary N) is 4. The third-order valence-corrected chi connectivity index (χ3v) is 9.85. The summed E-state index contributed by atoms with van der Waals surface area (Å²) in [5.41, 5.74) is -1.11. The van der Waals surface area contributed by atoms with Crippen molar-refractivity contribution >= 4 is 68.5 Å². The van der Waals surface area contributed by atoms with Crippen LogP contribution in [-0.4, -0.2) is 63.7 Å². The van der Waals surface area contributed by atoms with Crippen molar-refractivity contribution in [2.75, 3.05) is 14.2 Å². The van der Waals surface area contributed by atoms with Gasteiger partial charge in [-0.15, -0.1) is 20.4 Å². The maximum atomic E-state index is 12.0. The molecular weight excluding hydrogens is 870 g/mol. The lowest BCUT2D eigenvalue weighted by Gasteiger charge is -2.15. The molecule has 0 saturated heterocycles. The molecule has 0 fully saturated rings. The minimum atomic E-state index is -0.864. The Hall–Kier alpha value is -6.42. The van der Waals surface area contributed by atoms with Gasteiger partial charge in [0.25, 0.3) is 0 Å². The van der Waals surface area contributed by atoms with Gasteiger partial charge in [0, 0.05) is 26.4 Å². The molecule has 8 rings (SSSR count). The molecule has 4 N–H and O–H groups in total. The van der Waals surface area contributed by atoms with E-state index in [2.05, 4.69) is 40.3 Å². The Morgan fingerprint density at radius 3 is 1.33 bits per heavy atom. The number of halogens is 4. The largest absolute Gasteiger partial charge is 0.619 e. The molecule has 0 amide bonds. The monoisotopic (exact) mass is 900 g/mol. The molecule has 0 atom stereocenters. The van der Waals surface area contributed by atoms with Gasteiger partial charge in [0.2, 0.25) is 0 Å². The average Bonchev–Trinajstić information content (AvgIpc) is 3.79. The number of hydrogen-bond acceptors (Lipinski definition) is 12. The maximum absolute atomic E-state index is 12.0. The van der Waals surface area contributed by atoms with Crippen LogP contribution >= 0.6 is 46.4 Å². The molecule has 0 aliphatic rings. The second kappa shape index (κ2) is 18.2. The van der Waals surface area contributed by atoms with E-state index in [0.29, 0.717) is 32.2 Å². The number of fused-ring (bicyclic) bond motifs is 2. The first-order valence-corrected chi connectivity index (χ1v) is 17.9. The van der Waals surface area contributed by atoms with E-state index in [1.54, 1.807) is 24.3 Å². The van der Waals surface area contributed by atoms with Crippen molar-refractivity contribution in [2.24, 2.45) is 0 Å². The molecule has 24 heteroatoms. The summed E-state index contributed by atoms with van der Waals surface area (Å²) in [6.07, 6.45) is 5.26. The van der Waals surface area contributed by atoms with E-state index in [4.69, 9.17) is 55.9 Å². The molecule has 0 aliphatic heterocycles. The Kier molecular flexibility index (Phi) is 13.6. The zero-order valence-electron chi connectivity index (χ0n) is 29.5. The number of hydrogen-bond donors (Lipinski definition) is 4. The zero-order valence-corrected chi connectivity index (χ0v) is 32.6. The van der Waals surface area contributed by atoms with Gasteiger partial charge in [-0.25, -0.2) is 0 Å². The Morgan fingerprint density at radius 2 is 0.983 bits per heavy atom. The number of H-pyrrole nitrogens is 4. The highest BCUT2D eigenvalue weighted by Gasteiger charge is 2.25. The van der Waals surface area contributed by atoms with E-state index in [1.807, 2.05) is 0 Å². The van der Waals surface area contributed by atoms with Gasteiger partial charge in [0.1, 0.15) is 13.2 Å². The first-order valence-electron chi connectivity index (χ1n) is 16.4. The lowest BCUT2D eigenvalue weighted by Crippen LogP contribution is -2.29. The molecule has 60 heavy (non-hydrogen) atoms. The van der Waals surface area contributed by atoms with Crippen LogP contribution in [0, 0.1) is 10.4 Å².